The van der Waals surface area contributed by atoms with Crippen LogP contribution in [0.2, 0.25) is 0 Å². The molecule has 1 saturated heterocycles. The molecule has 0 aromatic heterocycles. The number of amides is 1. The minimum Gasteiger partial charge on any atom is -0.493 e. The van der Waals surface area contributed by atoms with Gasteiger partial charge in [-0.25, -0.2) is 0 Å². The van der Waals surface area contributed by atoms with E-state index in [-0.39, 0.29) is 5.92 Å². The molecule has 138 valence electrons. The second kappa shape index (κ2) is 8.56. The van der Waals surface area contributed by atoms with Gasteiger partial charge in [-0.15, -0.1) is 0 Å². The molecular formula is C20H30N2O3. The summed E-state index contributed by atoms with van der Waals surface area (Å²) in [6.07, 6.45) is 5.91. The zero-order valence-electron chi connectivity index (χ0n) is 15.5. The molecule has 0 bridgehead atoms. The minimum absolute atomic E-state index is 0.283. The van der Waals surface area contributed by atoms with E-state index in [1.807, 2.05) is 12.1 Å². The van der Waals surface area contributed by atoms with Gasteiger partial charge in [0.15, 0.2) is 11.5 Å². The summed E-state index contributed by atoms with van der Waals surface area (Å²) in [4.78, 5) is 17.1. The van der Waals surface area contributed by atoms with E-state index in [1.165, 1.54) is 24.8 Å². The maximum absolute atomic E-state index is 12.6. The van der Waals surface area contributed by atoms with Crippen LogP contribution in [0.3, 0.4) is 0 Å². The zero-order chi connectivity index (χ0) is 17.6. The molecule has 0 spiro atoms. The van der Waals surface area contributed by atoms with Crippen molar-refractivity contribution in [1.82, 2.24) is 9.80 Å². The molecule has 2 aliphatic rings. The van der Waals surface area contributed by atoms with Crippen molar-refractivity contribution in [2.24, 2.45) is 5.92 Å². The van der Waals surface area contributed by atoms with Crippen molar-refractivity contribution in [3.63, 3.8) is 0 Å². The highest BCUT2D eigenvalue weighted by Crippen LogP contribution is 2.29. The molecule has 1 saturated carbocycles. The van der Waals surface area contributed by atoms with Gasteiger partial charge in [-0.2, -0.15) is 0 Å². The third-order valence-corrected chi connectivity index (χ3v) is 5.49. The molecule has 0 radical (unpaired) electrons. The van der Waals surface area contributed by atoms with Crippen molar-refractivity contribution in [2.45, 2.75) is 38.6 Å². The molecule has 3 rings (SSSR count). The normalized spacial score (nSPS) is 19.7. The highest BCUT2D eigenvalue weighted by atomic mass is 16.5. The van der Waals surface area contributed by atoms with Crippen LogP contribution >= 0.6 is 0 Å². The minimum atomic E-state index is 0.283. The van der Waals surface area contributed by atoms with E-state index in [4.69, 9.17) is 9.47 Å². The molecule has 5 nitrogen and oxygen atoms in total. The summed E-state index contributed by atoms with van der Waals surface area (Å²) >= 11 is 0. The number of ether oxygens (including phenoxy) is 2. The second-order valence-corrected chi connectivity index (χ2v) is 7.13. The Hall–Kier alpha value is -1.75. The SMILES string of the molecule is COc1ccc(CN2CCN(C(=O)C3CCCCC3)CC2)cc1OC. The third-order valence-electron chi connectivity index (χ3n) is 5.49. The van der Waals surface area contributed by atoms with Crippen LogP contribution in [0.15, 0.2) is 18.2 Å². The number of hydrogen-bond acceptors (Lipinski definition) is 4. The lowest BCUT2D eigenvalue weighted by Crippen LogP contribution is -2.50. The Morgan fingerprint density at radius 3 is 2.32 bits per heavy atom. The summed E-state index contributed by atoms with van der Waals surface area (Å²) in [6.45, 7) is 4.46. The molecular weight excluding hydrogens is 316 g/mol. The Morgan fingerprint density at radius 1 is 1.00 bits per heavy atom. The monoisotopic (exact) mass is 346 g/mol. The van der Waals surface area contributed by atoms with Gasteiger partial charge in [0.05, 0.1) is 14.2 Å². The van der Waals surface area contributed by atoms with Gasteiger partial charge < -0.3 is 14.4 Å². The summed E-state index contributed by atoms with van der Waals surface area (Å²) in [7, 11) is 3.32. The van der Waals surface area contributed by atoms with Crippen LogP contribution in [-0.2, 0) is 11.3 Å². The molecule has 0 N–H and O–H groups in total. The van der Waals surface area contributed by atoms with Crippen molar-refractivity contribution < 1.29 is 14.3 Å². The smallest absolute Gasteiger partial charge is 0.225 e. The summed E-state index contributed by atoms with van der Waals surface area (Å²) in [5.41, 5.74) is 1.21. The van der Waals surface area contributed by atoms with E-state index in [0.29, 0.717) is 5.91 Å². The van der Waals surface area contributed by atoms with Crippen LogP contribution in [0, 0.1) is 5.92 Å². The lowest BCUT2D eigenvalue weighted by atomic mass is 9.88. The molecule has 1 aliphatic carbocycles. The molecule has 1 aromatic rings. The fourth-order valence-corrected chi connectivity index (χ4v) is 3.97. The van der Waals surface area contributed by atoms with Gasteiger partial charge in [-0.1, -0.05) is 25.3 Å². The van der Waals surface area contributed by atoms with Crippen LogP contribution in [0.4, 0.5) is 0 Å². The lowest BCUT2D eigenvalue weighted by molar-refractivity contribution is -0.138. The van der Waals surface area contributed by atoms with Crippen molar-refractivity contribution >= 4 is 5.91 Å². The maximum Gasteiger partial charge on any atom is 0.225 e. The zero-order valence-corrected chi connectivity index (χ0v) is 15.5. The first-order valence-electron chi connectivity index (χ1n) is 9.43. The molecule has 0 unspecified atom stereocenters. The standard InChI is InChI=1S/C20H30N2O3/c1-24-18-9-8-16(14-19(18)25-2)15-21-10-12-22(13-11-21)20(23)17-6-4-3-5-7-17/h8-9,14,17H,3-7,10-13,15H2,1-2H3. The lowest BCUT2D eigenvalue weighted by Gasteiger charge is -2.37. The Labute approximate surface area is 150 Å². The van der Waals surface area contributed by atoms with Gasteiger partial charge >= 0.3 is 0 Å². The Kier molecular flexibility index (Phi) is 6.19. The Morgan fingerprint density at radius 2 is 1.68 bits per heavy atom. The largest absolute Gasteiger partial charge is 0.493 e. The van der Waals surface area contributed by atoms with Crippen molar-refractivity contribution in [3.8, 4) is 11.5 Å². The second-order valence-electron chi connectivity index (χ2n) is 7.13. The maximum atomic E-state index is 12.6. The highest BCUT2D eigenvalue weighted by molar-refractivity contribution is 5.79. The number of methoxy groups -OCH3 is 2. The van der Waals surface area contributed by atoms with Gasteiger partial charge in [-0.05, 0) is 30.5 Å². The van der Waals surface area contributed by atoms with Crippen LogP contribution in [0.25, 0.3) is 0 Å². The summed E-state index contributed by atoms with van der Waals surface area (Å²) in [6, 6.07) is 6.08. The first-order valence-corrected chi connectivity index (χ1v) is 9.43. The molecule has 25 heavy (non-hydrogen) atoms. The predicted molar refractivity (Wildman–Crippen MR) is 98.0 cm³/mol. The summed E-state index contributed by atoms with van der Waals surface area (Å²) in [5, 5.41) is 0. The summed E-state index contributed by atoms with van der Waals surface area (Å²) in [5.74, 6) is 2.21. The number of piperazine rings is 1. The fourth-order valence-electron chi connectivity index (χ4n) is 3.97. The number of rotatable bonds is 5. The van der Waals surface area contributed by atoms with E-state index >= 15 is 0 Å². The number of nitrogens with zero attached hydrogens (tertiary/aromatic N) is 2. The quantitative estimate of drug-likeness (QED) is 0.822. The molecule has 1 amide bonds. The van der Waals surface area contributed by atoms with Crippen molar-refractivity contribution in [3.05, 3.63) is 23.8 Å². The van der Waals surface area contributed by atoms with Gasteiger partial charge in [0, 0.05) is 38.6 Å². The number of carbonyl (C=O) groups is 1. The van der Waals surface area contributed by atoms with Crippen LogP contribution in [0.5, 0.6) is 11.5 Å². The number of hydrogen-bond donors (Lipinski definition) is 0. The van der Waals surface area contributed by atoms with Crippen molar-refractivity contribution in [1.29, 1.82) is 0 Å². The molecule has 1 heterocycles. The number of carbonyl (C=O) groups excluding carboxylic acids is 1. The number of benzene rings is 1. The molecule has 1 aliphatic heterocycles. The predicted octanol–water partition coefficient (Wildman–Crippen LogP) is 2.93. The first-order chi connectivity index (χ1) is 12.2. The van der Waals surface area contributed by atoms with E-state index in [0.717, 1.165) is 57.1 Å². The van der Waals surface area contributed by atoms with E-state index < -0.39 is 0 Å². The van der Waals surface area contributed by atoms with E-state index in [2.05, 4.69) is 15.9 Å². The van der Waals surface area contributed by atoms with E-state index in [9.17, 15) is 4.79 Å². The van der Waals surface area contributed by atoms with Crippen molar-refractivity contribution in [2.75, 3.05) is 40.4 Å². The highest BCUT2D eigenvalue weighted by Gasteiger charge is 2.28. The van der Waals surface area contributed by atoms with E-state index in [1.54, 1.807) is 14.2 Å². The van der Waals surface area contributed by atoms with Crippen LogP contribution in [0.1, 0.15) is 37.7 Å². The fraction of sp³-hybridized carbons (Fsp3) is 0.650. The van der Waals surface area contributed by atoms with Gasteiger partial charge in [0.25, 0.3) is 0 Å². The Balaban J connectivity index is 1.51. The van der Waals surface area contributed by atoms with Crippen LogP contribution < -0.4 is 9.47 Å². The topological polar surface area (TPSA) is 42.0 Å². The Bertz CT molecular complexity index is 576. The van der Waals surface area contributed by atoms with Gasteiger partial charge in [-0.3, -0.25) is 9.69 Å². The molecule has 2 fully saturated rings. The van der Waals surface area contributed by atoms with Gasteiger partial charge in [0.2, 0.25) is 5.91 Å². The third kappa shape index (κ3) is 4.46. The average Bonchev–Trinajstić information content (AvgIpc) is 2.68. The van der Waals surface area contributed by atoms with Crippen LogP contribution in [-0.4, -0.2) is 56.1 Å². The first kappa shape index (κ1) is 18.1. The molecule has 0 atom stereocenters. The van der Waals surface area contributed by atoms with Gasteiger partial charge in [0.1, 0.15) is 0 Å². The molecule has 5 heteroatoms. The average molecular weight is 346 g/mol. The summed E-state index contributed by atoms with van der Waals surface area (Å²) < 4.78 is 10.7. The molecule has 1 aromatic carbocycles.